The lowest BCUT2D eigenvalue weighted by atomic mass is 10.0. The molecular weight excluding hydrogens is 556 g/mol. The van der Waals surface area contributed by atoms with Crippen molar-refractivity contribution in [3.63, 3.8) is 0 Å². The minimum atomic E-state index is -4.25. The largest absolute Gasteiger partial charge is 0.493 e. The first-order valence-corrected chi connectivity index (χ1v) is 12.2. The summed E-state index contributed by atoms with van der Waals surface area (Å²) in [5, 5.41) is 0. The second kappa shape index (κ2) is 12.3. The van der Waals surface area contributed by atoms with Crippen LogP contribution in [0.1, 0.15) is 36.5 Å². The number of ether oxygens (including phenoxy) is 2. The lowest BCUT2D eigenvalue weighted by Gasteiger charge is -2.19. The van der Waals surface area contributed by atoms with Gasteiger partial charge in [0.25, 0.3) is 0 Å². The number of hydrogen-bond donors (Lipinski definition) is 0. The van der Waals surface area contributed by atoms with Gasteiger partial charge in [0.15, 0.2) is 17.5 Å². The fourth-order valence-corrected chi connectivity index (χ4v) is 3.70. The third-order valence-electron chi connectivity index (χ3n) is 5.81. The van der Waals surface area contributed by atoms with Crippen molar-refractivity contribution in [1.29, 1.82) is 0 Å². The molecule has 0 radical (unpaired) electrons. The lowest BCUT2D eigenvalue weighted by Crippen LogP contribution is -2.23. The normalized spacial score (nSPS) is 11.1. The minimum Gasteiger partial charge on any atom is -0.493 e. The fourth-order valence-electron chi connectivity index (χ4n) is 3.70. The Kier molecular flexibility index (Phi) is 8.86. The van der Waals surface area contributed by atoms with E-state index in [1.165, 1.54) is 12.1 Å². The highest BCUT2D eigenvalue weighted by Gasteiger charge is 2.38. The molecule has 0 aliphatic carbocycles. The molecule has 0 fully saturated rings. The Morgan fingerprint density at radius 1 is 0.683 bits per heavy atom. The summed E-state index contributed by atoms with van der Waals surface area (Å²) in [5.41, 5.74) is -1.85. The first-order valence-electron chi connectivity index (χ1n) is 12.2. The molecule has 0 saturated carbocycles. The number of alkyl halides is 2. The van der Waals surface area contributed by atoms with Crippen LogP contribution in [0.3, 0.4) is 0 Å². The van der Waals surface area contributed by atoms with Crippen LogP contribution in [0.25, 0.3) is 11.1 Å². The van der Waals surface area contributed by atoms with Crippen molar-refractivity contribution < 1.29 is 44.6 Å². The Labute approximate surface area is 230 Å². The van der Waals surface area contributed by atoms with Crippen LogP contribution in [0.5, 0.6) is 11.5 Å². The van der Waals surface area contributed by atoms with Gasteiger partial charge in [-0.25, -0.2) is 26.3 Å². The Morgan fingerprint density at radius 3 is 2.00 bits per heavy atom. The summed E-state index contributed by atoms with van der Waals surface area (Å²) in [6.45, 7) is 2.37. The number of halogens is 8. The highest BCUT2D eigenvalue weighted by atomic mass is 19.3. The SMILES string of the molecule is CCCCOc1ccc(-c2ccc(C(F)(F)Oc3ccc(C#Cc4cc(F)c(F)c(F)c4)c(F)c3)c(F)c2)c(F)c1. The number of benzene rings is 4. The molecule has 0 N–H and O–H groups in total. The van der Waals surface area contributed by atoms with Gasteiger partial charge in [0.2, 0.25) is 0 Å². The molecule has 0 amide bonds. The number of rotatable bonds is 8. The summed E-state index contributed by atoms with van der Waals surface area (Å²) < 4.78 is 123. The van der Waals surface area contributed by atoms with Crippen LogP contribution in [0.15, 0.2) is 66.7 Å². The van der Waals surface area contributed by atoms with Crippen molar-refractivity contribution in [1.82, 2.24) is 0 Å². The molecular formula is C31H20F8O2. The van der Waals surface area contributed by atoms with Crippen LogP contribution in [0.2, 0.25) is 0 Å². The van der Waals surface area contributed by atoms with Crippen LogP contribution >= 0.6 is 0 Å². The standard InChI is InChI=1S/C31H20F8O2/c1-2-3-12-40-21-9-10-23(26(33)16-21)20-7-11-24(27(34)15-20)31(38,39)41-22-8-6-19(25(32)17-22)5-4-18-13-28(35)30(37)29(36)14-18/h6-11,13-17H,2-3,12H2,1H3. The van der Waals surface area contributed by atoms with Crippen LogP contribution in [-0.4, -0.2) is 6.61 Å². The summed E-state index contributed by atoms with van der Waals surface area (Å²) >= 11 is 0. The number of unbranched alkanes of at least 4 members (excludes halogenated alkanes) is 1. The first kappa shape index (κ1) is 29.5. The molecule has 0 unspecified atom stereocenters. The van der Waals surface area contributed by atoms with Gasteiger partial charge < -0.3 is 9.47 Å². The molecule has 10 heteroatoms. The molecule has 0 saturated heterocycles. The van der Waals surface area contributed by atoms with Gasteiger partial charge >= 0.3 is 6.11 Å². The van der Waals surface area contributed by atoms with Gasteiger partial charge in [-0.2, -0.15) is 8.78 Å². The first-order chi connectivity index (χ1) is 19.5. The highest BCUT2D eigenvalue weighted by molar-refractivity contribution is 5.65. The van der Waals surface area contributed by atoms with Crippen molar-refractivity contribution >= 4 is 0 Å². The van der Waals surface area contributed by atoms with E-state index in [1.54, 1.807) is 0 Å². The van der Waals surface area contributed by atoms with Crippen molar-refractivity contribution in [3.8, 4) is 34.5 Å². The molecule has 212 valence electrons. The quantitative estimate of drug-likeness (QED) is 0.0903. The molecule has 0 aromatic heterocycles. The molecule has 41 heavy (non-hydrogen) atoms. The van der Waals surface area contributed by atoms with E-state index in [-0.39, 0.29) is 28.0 Å². The maximum atomic E-state index is 14.8. The topological polar surface area (TPSA) is 18.5 Å². The predicted octanol–water partition coefficient (Wildman–Crippen LogP) is 8.90. The predicted molar refractivity (Wildman–Crippen MR) is 135 cm³/mol. The van der Waals surface area contributed by atoms with Gasteiger partial charge in [0, 0.05) is 23.3 Å². The average molecular weight is 576 g/mol. The van der Waals surface area contributed by atoms with Gasteiger partial charge in [-0.1, -0.05) is 31.3 Å². The summed E-state index contributed by atoms with van der Waals surface area (Å²) in [4.78, 5) is 0. The van der Waals surface area contributed by atoms with E-state index in [4.69, 9.17) is 4.74 Å². The Morgan fingerprint density at radius 2 is 1.37 bits per heavy atom. The third-order valence-corrected chi connectivity index (χ3v) is 5.81. The summed E-state index contributed by atoms with van der Waals surface area (Å²) in [6.07, 6.45) is -2.58. The van der Waals surface area contributed by atoms with E-state index in [0.29, 0.717) is 24.8 Å². The second-order valence-electron chi connectivity index (χ2n) is 8.80. The maximum absolute atomic E-state index is 14.8. The van der Waals surface area contributed by atoms with Crippen LogP contribution < -0.4 is 9.47 Å². The summed E-state index contributed by atoms with van der Waals surface area (Å²) in [6, 6.07) is 10.2. The minimum absolute atomic E-state index is 0.00505. The maximum Gasteiger partial charge on any atom is 0.429 e. The van der Waals surface area contributed by atoms with Crippen LogP contribution in [0, 0.1) is 46.7 Å². The summed E-state index contributed by atoms with van der Waals surface area (Å²) in [5.74, 6) is -3.82. The molecule has 0 atom stereocenters. The van der Waals surface area contributed by atoms with Crippen molar-refractivity contribution in [2.24, 2.45) is 0 Å². The zero-order valence-corrected chi connectivity index (χ0v) is 21.3. The van der Waals surface area contributed by atoms with Gasteiger partial charge in [-0.05, 0) is 60.5 Å². The zero-order chi connectivity index (χ0) is 29.7. The summed E-state index contributed by atoms with van der Waals surface area (Å²) in [7, 11) is 0. The van der Waals surface area contributed by atoms with Gasteiger partial charge in [0.1, 0.15) is 29.0 Å². The average Bonchev–Trinajstić information content (AvgIpc) is 2.91. The van der Waals surface area contributed by atoms with Gasteiger partial charge in [-0.3, -0.25) is 0 Å². The van der Waals surface area contributed by atoms with E-state index >= 15 is 0 Å². The molecule has 0 aliphatic heterocycles. The molecule has 0 spiro atoms. The van der Waals surface area contributed by atoms with Crippen LogP contribution in [-0.2, 0) is 6.11 Å². The molecule has 2 nitrogen and oxygen atoms in total. The molecule has 4 rings (SSSR count). The monoisotopic (exact) mass is 576 g/mol. The highest BCUT2D eigenvalue weighted by Crippen LogP contribution is 2.36. The zero-order valence-electron chi connectivity index (χ0n) is 21.3. The fraction of sp³-hybridized carbons (Fsp3) is 0.161. The molecule has 0 heterocycles. The Bertz CT molecular complexity index is 1620. The van der Waals surface area contributed by atoms with E-state index in [0.717, 1.165) is 49.2 Å². The second-order valence-corrected chi connectivity index (χ2v) is 8.80. The molecule has 4 aromatic rings. The third kappa shape index (κ3) is 6.98. The van der Waals surface area contributed by atoms with E-state index in [1.807, 2.05) is 6.92 Å². The van der Waals surface area contributed by atoms with Crippen molar-refractivity contribution in [2.45, 2.75) is 25.9 Å². The Hall–Kier alpha value is -4.52. The van der Waals surface area contributed by atoms with E-state index < -0.39 is 52.3 Å². The smallest absolute Gasteiger partial charge is 0.429 e. The van der Waals surface area contributed by atoms with E-state index in [2.05, 4.69) is 16.6 Å². The van der Waals surface area contributed by atoms with Crippen molar-refractivity contribution in [3.05, 3.63) is 118 Å². The Balaban J connectivity index is 1.50. The van der Waals surface area contributed by atoms with Gasteiger partial charge in [-0.15, -0.1) is 0 Å². The molecule has 0 bridgehead atoms. The lowest BCUT2D eigenvalue weighted by molar-refractivity contribution is -0.187. The van der Waals surface area contributed by atoms with Crippen LogP contribution in [0.4, 0.5) is 35.1 Å². The van der Waals surface area contributed by atoms with Gasteiger partial charge in [0.05, 0.1) is 17.7 Å². The molecule has 4 aromatic carbocycles. The van der Waals surface area contributed by atoms with E-state index in [9.17, 15) is 35.1 Å². The molecule has 0 aliphatic rings. The van der Waals surface area contributed by atoms with Crippen molar-refractivity contribution in [2.75, 3.05) is 6.61 Å². The number of hydrogen-bond acceptors (Lipinski definition) is 2.